The Bertz CT molecular complexity index is 784. The number of amides is 2. The van der Waals surface area contributed by atoms with Crippen LogP contribution in [0.1, 0.15) is 25.5 Å². The largest absolute Gasteiger partial charge is 0.442 e. The molecule has 0 spiro atoms. The molecule has 1 aliphatic rings. The molecule has 1 fully saturated rings. The SMILES string of the molecule is CC(=O)NCC1CN(c2ccc(-c3ccc(C(C)O)cc3)cc2)C(=O)O1. The summed E-state index contributed by atoms with van der Waals surface area (Å²) in [5.41, 5.74) is 3.68. The molecule has 136 valence electrons. The van der Waals surface area contributed by atoms with Gasteiger partial charge in [-0.25, -0.2) is 4.79 Å². The van der Waals surface area contributed by atoms with E-state index in [1.165, 1.54) is 6.92 Å². The van der Waals surface area contributed by atoms with Gasteiger partial charge in [-0.05, 0) is 35.7 Å². The highest BCUT2D eigenvalue weighted by atomic mass is 16.6. The lowest BCUT2D eigenvalue weighted by atomic mass is 10.0. The first-order valence-corrected chi connectivity index (χ1v) is 8.55. The molecule has 0 aromatic heterocycles. The quantitative estimate of drug-likeness (QED) is 0.865. The molecule has 1 saturated heterocycles. The minimum Gasteiger partial charge on any atom is -0.442 e. The zero-order valence-electron chi connectivity index (χ0n) is 14.8. The first-order valence-electron chi connectivity index (χ1n) is 8.55. The number of benzene rings is 2. The van der Waals surface area contributed by atoms with E-state index in [0.717, 1.165) is 22.4 Å². The fourth-order valence-electron chi connectivity index (χ4n) is 2.88. The molecule has 1 heterocycles. The summed E-state index contributed by atoms with van der Waals surface area (Å²) in [7, 11) is 0. The Kier molecular flexibility index (Phi) is 5.23. The molecule has 6 nitrogen and oxygen atoms in total. The lowest BCUT2D eigenvalue weighted by Gasteiger charge is -2.14. The topological polar surface area (TPSA) is 78.9 Å². The number of hydrogen-bond donors (Lipinski definition) is 2. The fourth-order valence-corrected chi connectivity index (χ4v) is 2.88. The highest BCUT2D eigenvalue weighted by Crippen LogP contribution is 2.27. The number of aliphatic hydroxyl groups excluding tert-OH is 1. The standard InChI is InChI=1S/C20H22N2O4/c1-13(23)15-3-5-16(6-4-15)17-7-9-18(10-8-17)22-12-19(26-20(22)25)11-21-14(2)24/h3-10,13,19,23H,11-12H2,1-2H3,(H,21,24). The second-order valence-corrected chi connectivity index (χ2v) is 6.40. The van der Waals surface area contributed by atoms with Gasteiger partial charge < -0.3 is 15.2 Å². The summed E-state index contributed by atoms with van der Waals surface area (Å²) in [5, 5.41) is 12.2. The summed E-state index contributed by atoms with van der Waals surface area (Å²) >= 11 is 0. The molecule has 3 rings (SSSR count). The summed E-state index contributed by atoms with van der Waals surface area (Å²) in [6, 6.07) is 15.4. The Morgan fingerprint density at radius 1 is 1.19 bits per heavy atom. The molecule has 6 heteroatoms. The number of aliphatic hydroxyl groups is 1. The van der Waals surface area contributed by atoms with Crippen molar-refractivity contribution < 1.29 is 19.4 Å². The third-order valence-corrected chi connectivity index (χ3v) is 4.36. The van der Waals surface area contributed by atoms with Gasteiger partial charge in [0.2, 0.25) is 5.91 Å². The van der Waals surface area contributed by atoms with Crippen molar-refractivity contribution in [2.45, 2.75) is 26.1 Å². The normalized spacial score (nSPS) is 17.7. The van der Waals surface area contributed by atoms with E-state index in [-0.39, 0.29) is 12.0 Å². The average molecular weight is 354 g/mol. The molecule has 2 atom stereocenters. The van der Waals surface area contributed by atoms with Crippen LogP contribution in [0.3, 0.4) is 0 Å². The van der Waals surface area contributed by atoms with Crippen molar-refractivity contribution in [1.29, 1.82) is 0 Å². The lowest BCUT2D eigenvalue weighted by Crippen LogP contribution is -2.33. The molecule has 2 unspecified atom stereocenters. The fraction of sp³-hybridized carbons (Fsp3) is 0.300. The number of nitrogens with one attached hydrogen (secondary N) is 1. The van der Waals surface area contributed by atoms with Gasteiger partial charge in [0.05, 0.1) is 19.2 Å². The highest BCUT2D eigenvalue weighted by molar-refractivity contribution is 5.90. The molecule has 0 bridgehead atoms. The summed E-state index contributed by atoms with van der Waals surface area (Å²) in [5.74, 6) is -0.148. The number of rotatable bonds is 5. The molecule has 0 saturated carbocycles. The van der Waals surface area contributed by atoms with Crippen LogP contribution in [-0.2, 0) is 9.53 Å². The number of anilines is 1. The molecule has 2 N–H and O–H groups in total. The van der Waals surface area contributed by atoms with Crippen LogP contribution in [0.15, 0.2) is 48.5 Å². The van der Waals surface area contributed by atoms with E-state index < -0.39 is 12.2 Å². The van der Waals surface area contributed by atoms with E-state index in [0.29, 0.717) is 13.1 Å². The number of carbonyl (C=O) groups excluding carboxylic acids is 2. The van der Waals surface area contributed by atoms with Crippen LogP contribution in [0.25, 0.3) is 11.1 Å². The van der Waals surface area contributed by atoms with Gasteiger partial charge >= 0.3 is 6.09 Å². The van der Waals surface area contributed by atoms with Crippen molar-refractivity contribution in [1.82, 2.24) is 5.32 Å². The minimum absolute atomic E-state index is 0.148. The summed E-state index contributed by atoms with van der Waals surface area (Å²) < 4.78 is 5.28. The van der Waals surface area contributed by atoms with Gasteiger partial charge in [-0.3, -0.25) is 9.69 Å². The Morgan fingerprint density at radius 2 is 1.77 bits per heavy atom. The first-order chi connectivity index (χ1) is 12.4. The van der Waals surface area contributed by atoms with Crippen LogP contribution >= 0.6 is 0 Å². The van der Waals surface area contributed by atoms with Crippen molar-refractivity contribution >= 4 is 17.7 Å². The first kappa shape index (κ1) is 17.9. The van der Waals surface area contributed by atoms with Crippen molar-refractivity contribution in [3.8, 4) is 11.1 Å². The van der Waals surface area contributed by atoms with Gasteiger partial charge in [0.15, 0.2) is 0 Å². The van der Waals surface area contributed by atoms with Crippen LogP contribution in [0, 0.1) is 0 Å². The van der Waals surface area contributed by atoms with Gasteiger partial charge in [-0.15, -0.1) is 0 Å². The summed E-state index contributed by atoms with van der Waals surface area (Å²) in [4.78, 5) is 24.6. The monoisotopic (exact) mass is 354 g/mol. The molecule has 26 heavy (non-hydrogen) atoms. The Morgan fingerprint density at radius 3 is 2.31 bits per heavy atom. The average Bonchev–Trinajstić information content (AvgIpc) is 3.01. The third-order valence-electron chi connectivity index (χ3n) is 4.36. The van der Waals surface area contributed by atoms with Crippen LogP contribution in [-0.4, -0.2) is 36.3 Å². The Balaban J connectivity index is 1.69. The van der Waals surface area contributed by atoms with E-state index in [9.17, 15) is 14.7 Å². The molecule has 0 aliphatic carbocycles. The van der Waals surface area contributed by atoms with Gasteiger partial charge in [-0.2, -0.15) is 0 Å². The Labute approximate surface area is 152 Å². The number of ether oxygens (including phenoxy) is 1. The molecule has 0 radical (unpaired) electrons. The predicted molar refractivity (Wildman–Crippen MR) is 98.8 cm³/mol. The molecule has 2 amide bonds. The maximum absolute atomic E-state index is 12.1. The number of hydrogen-bond acceptors (Lipinski definition) is 4. The van der Waals surface area contributed by atoms with Crippen LogP contribution in [0.5, 0.6) is 0 Å². The highest BCUT2D eigenvalue weighted by Gasteiger charge is 2.32. The summed E-state index contributed by atoms with van der Waals surface area (Å²) in [6.07, 6.45) is -1.24. The van der Waals surface area contributed by atoms with Crippen molar-refractivity contribution in [3.63, 3.8) is 0 Å². The van der Waals surface area contributed by atoms with E-state index in [4.69, 9.17) is 4.74 Å². The van der Waals surface area contributed by atoms with E-state index in [1.54, 1.807) is 11.8 Å². The smallest absolute Gasteiger partial charge is 0.414 e. The predicted octanol–water partition coefficient (Wildman–Crippen LogP) is 2.87. The van der Waals surface area contributed by atoms with Crippen molar-refractivity contribution in [3.05, 3.63) is 54.1 Å². The van der Waals surface area contributed by atoms with Crippen molar-refractivity contribution in [2.75, 3.05) is 18.0 Å². The van der Waals surface area contributed by atoms with Crippen LogP contribution < -0.4 is 10.2 Å². The zero-order valence-corrected chi connectivity index (χ0v) is 14.8. The second-order valence-electron chi connectivity index (χ2n) is 6.40. The second kappa shape index (κ2) is 7.58. The zero-order chi connectivity index (χ0) is 18.7. The van der Waals surface area contributed by atoms with Crippen molar-refractivity contribution in [2.24, 2.45) is 0 Å². The number of nitrogens with zero attached hydrogens (tertiary/aromatic N) is 1. The molecule has 1 aliphatic heterocycles. The van der Waals surface area contributed by atoms with Crippen LogP contribution in [0.2, 0.25) is 0 Å². The lowest BCUT2D eigenvalue weighted by molar-refractivity contribution is -0.119. The molecule has 2 aromatic rings. The summed E-state index contributed by atoms with van der Waals surface area (Å²) in [6.45, 7) is 3.88. The van der Waals surface area contributed by atoms with Gasteiger partial charge in [0.1, 0.15) is 6.10 Å². The maximum atomic E-state index is 12.1. The number of cyclic esters (lactones) is 1. The number of carbonyl (C=O) groups is 2. The van der Waals surface area contributed by atoms with E-state index in [2.05, 4.69) is 5.32 Å². The van der Waals surface area contributed by atoms with Crippen LogP contribution in [0.4, 0.5) is 10.5 Å². The molecular weight excluding hydrogens is 332 g/mol. The third kappa shape index (κ3) is 4.03. The van der Waals surface area contributed by atoms with Gasteiger partial charge in [0.25, 0.3) is 0 Å². The van der Waals surface area contributed by atoms with Gasteiger partial charge in [-0.1, -0.05) is 36.4 Å². The minimum atomic E-state index is -0.488. The van der Waals surface area contributed by atoms with E-state index >= 15 is 0 Å². The van der Waals surface area contributed by atoms with E-state index in [1.807, 2.05) is 48.5 Å². The van der Waals surface area contributed by atoms with Gasteiger partial charge in [0, 0.05) is 12.6 Å². The Hall–Kier alpha value is -2.86. The molecular formula is C20H22N2O4. The molecule has 2 aromatic carbocycles. The maximum Gasteiger partial charge on any atom is 0.414 e.